The molecule has 8 nitrogen and oxygen atoms in total. The van der Waals surface area contributed by atoms with Crippen molar-refractivity contribution in [2.75, 3.05) is 10.6 Å². The Morgan fingerprint density at radius 2 is 1.65 bits per heavy atom. The molecule has 0 radical (unpaired) electrons. The zero-order valence-corrected chi connectivity index (χ0v) is 17.9. The van der Waals surface area contributed by atoms with E-state index in [1.807, 2.05) is 60.7 Å². The molecule has 0 aliphatic rings. The third-order valence-corrected chi connectivity index (χ3v) is 5.76. The minimum Gasteiger partial charge on any atom is -0.383 e. The van der Waals surface area contributed by atoms with Gasteiger partial charge in [-0.25, -0.2) is 4.79 Å². The van der Waals surface area contributed by atoms with E-state index < -0.39 is 11.2 Å². The number of aromatic amines is 1. The highest BCUT2D eigenvalue weighted by Gasteiger charge is 2.22. The fraction of sp³-hybridized carbons (Fsp3) is 0.143. The van der Waals surface area contributed by atoms with Gasteiger partial charge in [-0.2, -0.15) is 0 Å². The molecule has 0 bridgehead atoms. The smallest absolute Gasteiger partial charge is 0.330 e. The number of nitrogens with zero attached hydrogens (tertiary/aromatic N) is 4. The monoisotopic (exact) mass is 454 g/mol. The number of nitrogens with one attached hydrogen (secondary N) is 1. The lowest BCUT2D eigenvalue weighted by atomic mass is 10.2. The fourth-order valence-corrected chi connectivity index (χ4v) is 3.91. The highest BCUT2D eigenvalue weighted by molar-refractivity contribution is 7.10. The minimum atomic E-state index is -0.568. The van der Waals surface area contributed by atoms with Crippen molar-refractivity contribution >= 4 is 34.6 Å². The molecular formula is C21H19ClN6O2S. The SMILES string of the molecule is Nc1c(N(Cc2ccccc2)Cc2nnsc2Cl)c(=O)[nH]c(=O)n1Cc1ccccc1. The van der Waals surface area contributed by atoms with Crippen LogP contribution in [-0.2, 0) is 19.6 Å². The van der Waals surface area contributed by atoms with Gasteiger partial charge in [0, 0.05) is 18.1 Å². The van der Waals surface area contributed by atoms with E-state index in [0.717, 1.165) is 22.7 Å². The van der Waals surface area contributed by atoms with Gasteiger partial charge in [-0.1, -0.05) is 76.8 Å². The topological polar surface area (TPSA) is 110 Å². The van der Waals surface area contributed by atoms with Gasteiger partial charge in [0.25, 0.3) is 5.56 Å². The van der Waals surface area contributed by atoms with E-state index in [1.165, 1.54) is 4.57 Å². The number of aromatic nitrogens is 4. The lowest BCUT2D eigenvalue weighted by Gasteiger charge is -2.25. The summed E-state index contributed by atoms with van der Waals surface area (Å²) in [6.07, 6.45) is 0. The van der Waals surface area contributed by atoms with Crippen LogP contribution in [0.2, 0.25) is 4.34 Å². The molecule has 4 aromatic rings. The lowest BCUT2D eigenvalue weighted by molar-refractivity contribution is 0.708. The van der Waals surface area contributed by atoms with Crippen molar-refractivity contribution in [3.8, 4) is 0 Å². The summed E-state index contributed by atoms with van der Waals surface area (Å²) in [7, 11) is 0. The largest absolute Gasteiger partial charge is 0.383 e. The Morgan fingerprint density at radius 1 is 1.00 bits per heavy atom. The molecule has 31 heavy (non-hydrogen) atoms. The molecule has 10 heteroatoms. The van der Waals surface area contributed by atoms with Gasteiger partial charge in [0.1, 0.15) is 21.5 Å². The molecular weight excluding hydrogens is 436 g/mol. The van der Waals surface area contributed by atoms with Crippen LogP contribution in [-0.4, -0.2) is 19.1 Å². The molecule has 2 aromatic heterocycles. The Bertz CT molecular complexity index is 1290. The van der Waals surface area contributed by atoms with Crippen molar-refractivity contribution in [1.29, 1.82) is 0 Å². The number of anilines is 2. The predicted octanol–water partition coefficient (Wildman–Crippen LogP) is 2.88. The van der Waals surface area contributed by atoms with Gasteiger partial charge in [0.05, 0.1) is 13.1 Å². The van der Waals surface area contributed by atoms with Crippen LogP contribution in [0.25, 0.3) is 0 Å². The minimum absolute atomic E-state index is 0.0767. The first-order chi connectivity index (χ1) is 15.0. The standard InChI is InChI=1S/C21H19ClN6O2S/c22-18-16(25-26-31-18)13-27(11-14-7-3-1-4-8-14)17-19(23)28(21(30)24-20(17)29)12-15-9-5-2-6-10-15/h1-10H,11-13,23H2,(H,24,29,30). The average Bonchev–Trinajstić information content (AvgIpc) is 3.17. The Labute approximate surface area is 186 Å². The maximum absolute atomic E-state index is 12.9. The molecule has 3 N–H and O–H groups in total. The second-order valence-electron chi connectivity index (χ2n) is 6.90. The number of halogens is 1. The van der Waals surface area contributed by atoms with Gasteiger partial charge in [0.15, 0.2) is 0 Å². The summed E-state index contributed by atoms with van der Waals surface area (Å²) in [5.74, 6) is 0.0767. The maximum Gasteiger partial charge on any atom is 0.330 e. The van der Waals surface area contributed by atoms with Gasteiger partial charge in [-0.15, -0.1) is 5.10 Å². The molecule has 0 atom stereocenters. The zero-order chi connectivity index (χ0) is 21.8. The fourth-order valence-electron chi connectivity index (χ4n) is 3.30. The van der Waals surface area contributed by atoms with Crippen LogP contribution in [0.1, 0.15) is 16.8 Å². The van der Waals surface area contributed by atoms with Crippen molar-refractivity contribution in [3.05, 3.63) is 103 Å². The first kappa shape index (κ1) is 20.8. The second kappa shape index (κ2) is 9.15. The Kier molecular flexibility index (Phi) is 6.15. The molecule has 0 saturated heterocycles. The Balaban J connectivity index is 1.79. The second-order valence-corrected chi connectivity index (χ2v) is 8.26. The van der Waals surface area contributed by atoms with Crippen LogP contribution in [0.15, 0.2) is 70.3 Å². The molecule has 0 aliphatic carbocycles. The van der Waals surface area contributed by atoms with Gasteiger partial charge in [-0.05, 0) is 11.1 Å². The molecule has 0 saturated carbocycles. The summed E-state index contributed by atoms with van der Waals surface area (Å²) >= 11 is 7.28. The highest BCUT2D eigenvalue weighted by atomic mass is 35.5. The van der Waals surface area contributed by atoms with E-state index >= 15 is 0 Å². The third kappa shape index (κ3) is 4.68. The van der Waals surface area contributed by atoms with Crippen molar-refractivity contribution in [3.63, 3.8) is 0 Å². The number of hydrogen-bond acceptors (Lipinski definition) is 7. The summed E-state index contributed by atoms with van der Waals surface area (Å²) in [4.78, 5) is 29.5. The number of rotatable bonds is 7. The van der Waals surface area contributed by atoms with E-state index in [-0.39, 0.29) is 24.6 Å². The van der Waals surface area contributed by atoms with Crippen LogP contribution in [0, 0.1) is 0 Å². The summed E-state index contributed by atoms with van der Waals surface area (Å²) in [5.41, 5.74) is 7.81. The average molecular weight is 455 g/mol. The number of nitrogen functional groups attached to an aromatic ring is 1. The van der Waals surface area contributed by atoms with E-state index in [4.69, 9.17) is 17.3 Å². The summed E-state index contributed by atoms with van der Waals surface area (Å²) in [6, 6.07) is 19.0. The van der Waals surface area contributed by atoms with Crippen LogP contribution in [0.4, 0.5) is 11.5 Å². The summed E-state index contributed by atoms with van der Waals surface area (Å²) < 4.78 is 5.66. The first-order valence-corrected chi connectivity index (χ1v) is 10.6. The molecule has 2 aromatic carbocycles. The predicted molar refractivity (Wildman–Crippen MR) is 123 cm³/mol. The van der Waals surface area contributed by atoms with Gasteiger partial charge < -0.3 is 10.6 Å². The summed E-state index contributed by atoms with van der Waals surface area (Å²) in [6.45, 7) is 0.806. The highest BCUT2D eigenvalue weighted by Crippen LogP contribution is 2.25. The Morgan fingerprint density at radius 3 is 2.26 bits per heavy atom. The zero-order valence-electron chi connectivity index (χ0n) is 16.4. The van der Waals surface area contributed by atoms with E-state index in [1.54, 1.807) is 4.90 Å². The van der Waals surface area contributed by atoms with E-state index in [0.29, 0.717) is 16.6 Å². The number of hydrogen-bond donors (Lipinski definition) is 2. The summed E-state index contributed by atoms with van der Waals surface area (Å²) in [5, 5.41) is 4.06. The molecule has 0 amide bonds. The molecule has 2 heterocycles. The molecule has 4 rings (SSSR count). The number of benzene rings is 2. The number of H-pyrrole nitrogens is 1. The van der Waals surface area contributed by atoms with E-state index in [9.17, 15) is 9.59 Å². The van der Waals surface area contributed by atoms with Crippen molar-refractivity contribution < 1.29 is 0 Å². The molecule has 0 unspecified atom stereocenters. The van der Waals surface area contributed by atoms with Crippen LogP contribution in [0.5, 0.6) is 0 Å². The Hall–Kier alpha value is -3.43. The van der Waals surface area contributed by atoms with Gasteiger partial charge in [0.2, 0.25) is 0 Å². The molecule has 0 spiro atoms. The van der Waals surface area contributed by atoms with Gasteiger partial charge >= 0.3 is 5.69 Å². The normalized spacial score (nSPS) is 10.9. The molecule has 158 valence electrons. The van der Waals surface area contributed by atoms with Gasteiger partial charge in [-0.3, -0.25) is 14.3 Å². The van der Waals surface area contributed by atoms with Crippen molar-refractivity contribution in [2.45, 2.75) is 19.6 Å². The lowest BCUT2D eigenvalue weighted by Crippen LogP contribution is -2.38. The molecule has 0 fully saturated rings. The maximum atomic E-state index is 12.9. The van der Waals surface area contributed by atoms with Crippen molar-refractivity contribution in [2.24, 2.45) is 0 Å². The van der Waals surface area contributed by atoms with Crippen LogP contribution >= 0.6 is 23.1 Å². The van der Waals surface area contributed by atoms with Crippen LogP contribution in [0.3, 0.4) is 0 Å². The van der Waals surface area contributed by atoms with E-state index in [2.05, 4.69) is 14.6 Å². The first-order valence-electron chi connectivity index (χ1n) is 9.45. The molecule has 0 aliphatic heterocycles. The quantitative estimate of drug-likeness (QED) is 0.444. The van der Waals surface area contributed by atoms with Crippen molar-refractivity contribution in [1.82, 2.24) is 19.1 Å². The van der Waals surface area contributed by atoms with Crippen LogP contribution < -0.4 is 21.9 Å². The third-order valence-electron chi connectivity index (χ3n) is 4.78. The number of nitrogens with two attached hydrogens (primary N) is 1.